The molecule has 3 aromatic heterocycles. The molecule has 0 radical (unpaired) electrons. The summed E-state index contributed by atoms with van der Waals surface area (Å²) in [4.78, 5) is 20.6. The standard InChI is InChI=1S/C15H14N4O3S/c20-12(17-15-16-10(8-23-15)9-3-4-9)5-6-13-18-14(19-22-13)11-2-1-7-21-11/h1-2,7-9H,3-6H2,(H,16,17,20). The van der Waals surface area contributed by atoms with Crippen LogP contribution >= 0.6 is 11.3 Å². The van der Waals surface area contributed by atoms with Crippen molar-refractivity contribution in [2.24, 2.45) is 0 Å². The lowest BCUT2D eigenvalue weighted by Gasteiger charge is -1.99. The van der Waals surface area contributed by atoms with Crippen LogP contribution in [0.25, 0.3) is 11.6 Å². The molecule has 0 spiro atoms. The molecule has 1 aliphatic rings. The second-order valence-corrected chi connectivity index (χ2v) is 6.25. The van der Waals surface area contributed by atoms with Gasteiger partial charge in [0.1, 0.15) is 0 Å². The predicted molar refractivity (Wildman–Crippen MR) is 83.0 cm³/mol. The van der Waals surface area contributed by atoms with Crippen LogP contribution in [0.3, 0.4) is 0 Å². The quantitative estimate of drug-likeness (QED) is 0.745. The normalized spacial score (nSPS) is 14.1. The first-order valence-electron chi connectivity index (χ1n) is 7.39. The van der Waals surface area contributed by atoms with E-state index >= 15 is 0 Å². The molecule has 0 aliphatic heterocycles. The summed E-state index contributed by atoms with van der Waals surface area (Å²) in [7, 11) is 0. The summed E-state index contributed by atoms with van der Waals surface area (Å²) in [6, 6.07) is 3.50. The monoisotopic (exact) mass is 330 g/mol. The van der Waals surface area contributed by atoms with Gasteiger partial charge in [0, 0.05) is 24.1 Å². The van der Waals surface area contributed by atoms with E-state index in [1.165, 1.54) is 24.2 Å². The summed E-state index contributed by atoms with van der Waals surface area (Å²) in [6.45, 7) is 0. The molecular weight excluding hydrogens is 316 g/mol. The molecule has 3 heterocycles. The molecule has 1 saturated carbocycles. The zero-order valence-corrected chi connectivity index (χ0v) is 13.0. The lowest BCUT2D eigenvalue weighted by Crippen LogP contribution is -2.12. The van der Waals surface area contributed by atoms with Crippen LogP contribution in [-0.4, -0.2) is 21.0 Å². The van der Waals surface area contributed by atoms with Crippen molar-refractivity contribution >= 4 is 22.4 Å². The van der Waals surface area contributed by atoms with E-state index in [2.05, 4.69) is 20.4 Å². The van der Waals surface area contributed by atoms with E-state index in [0.29, 0.717) is 34.9 Å². The number of amides is 1. The van der Waals surface area contributed by atoms with Gasteiger partial charge in [0.05, 0.1) is 12.0 Å². The van der Waals surface area contributed by atoms with E-state index in [9.17, 15) is 4.79 Å². The molecule has 8 heteroatoms. The average Bonchev–Trinajstić information content (AvgIpc) is 3.00. The van der Waals surface area contributed by atoms with Crippen molar-refractivity contribution in [3.8, 4) is 11.6 Å². The highest BCUT2D eigenvalue weighted by molar-refractivity contribution is 7.13. The van der Waals surface area contributed by atoms with Crippen molar-refractivity contribution in [3.05, 3.63) is 35.4 Å². The summed E-state index contributed by atoms with van der Waals surface area (Å²) in [5.74, 6) is 1.82. The number of aromatic nitrogens is 3. The third-order valence-electron chi connectivity index (χ3n) is 3.54. The van der Waals surface area contributed by atoms with Crippen LogP contribution in [-0.2, 0) is 11.2 Å². The summed E-state index contributed by atoms with van der Waals surface area (Å²) in [5.41, 5.74) is 1.09. The van der Waals surface area contributed by atoms with Gasteiger partial charge < -0.3 is 14.3 Å². The average molecular weight is 330 g/mol. The van der Waals surface area contributed by atoms with Gasteiger partial charge in [-0.1, -0.05) is 5.16 Å². The highest BCUT2D eigenvalue weighted by Gasteiger charge is 2.26. The molecule has 0 bridgehead atoms. The number of hydrogen-bond acceptors (Lipinski definition) is 7. The van der Waals surface area contributed by atoms with Crippen LogP contribution < -0.4 is 5.32 Å². The van der Waals surface area contributed by atoms with Crippen LogP contribution in [0.2, 0.25) is 0 Å². The molecule has 7 nitrogen and oxygen atoms in total. The first-order valence-corrected chi connectivity index (χ1v) is 8.27. The number of aryl methyl sites for hydroxylation is 1. The molecular formula is C15H14N4O3S. The minimum Gasteiger partial charge on any atom is -0.461 e. The van der Waals surface area contributed by atoms with Gasteiger partial charge in [-0.3, -0.25) is 4.79 Å². The van der Waals surface area contributed by atoms with Crippen molar-refractivity contribution in [1.82, 2.24) is 15.1 Å². The lowest BCUT2D eigenvalue weighted by molar-refractivity contribution is -0.116. The number of carbonyl (C=O) groups is 1. The second kappa shape index (κ2) is 5.96. The van der Waals surface area contributed by atoms with Crippen molar-refractivity contribution in [1.29, 1.82) is 0 Å². The zero-order chi connectivity index (χ0) is 15.6. The van der Waals surface area contributed by atoms with E-state index in [-0.39, 0.29) is 12.3 Å². The van der Waals surface area contributed by atoms with Crippen molar-refractivity contribution < 1.29 is 13.7 Å². The molecule has 4 rings (SSSR count). The molecule has 118 valence electrons. The fourth-order valence-corrected chi connectivity index (χ4v) is 2.98. The van der Waals surface area contributed by atoms with Gasteiger partial charge in [0.2, 0.25) is 17.6 Å². The van der Waals surface area contributed by atoms with Gasteiger partial charge in [-0.2, -0.15) is 4.98 Å². The van der Waals surface area contributed by atoms with E-state index in [0.717, 1.165) is 5.69 Å². The van der Waals surface area contributed by atoms with Gasteiger partial charge in [-0.15, -0.1) is 11.3 Å². The van der Waals surface area contributed by atoms with Gasteiger partial charge >= 0.3 is 0 Å². The highest BCUT2D eigenvalue weighted by atomic mass is 32.1. The Morgan fingerprint density at radius 1 is 1.39 bits per heavy atom. The fraction of sp³-hybridized carbons (Fsp3) is 0.333. The molecule has 1 aliphatic carbocycles. The molecule has 0 aromatic carbocycles. The van der Waals surface area contributed by atoms with Crippen LogP contribution in [0.4, 0.5) is 5.13 Å². The Hall–Kier alpha value is -2.48. The summed E-state index contributed by atoms with van der Waals surface area (Å²) < 4.78 is 10.3. The number of thiazole rings is 1. The van der Waals surface area contributed by atoms with Crippen molar-refractivity contribution in [3.63, 3.8) is 0 Å². The number of hydrogen-bond donors (Lipinski definition) is 1. The molecule has 0 atom stereocenters. The smallest absolute Gasteiger partial charge is 0.238 e. The first kappa shape index (κ1) is 14.1. The number of nitrogens with zero attached hydrogens (tertiary/aromatic N) is 3. The highest BCUT2D eigenvalue weighted by Crippen LogP contribution is 2.40. The largest absolute Gasteiger partial charge is 0.461 e. The number of rotatable bonds is 6. The molecule has 1 fully saturated rings. The predicted octanol–water partition coefficient (Wildman–Crippen LogP) is 3.23. The Bertz CT molecular complexity index is 804. The summed E-state index contributed by atoms with van der Waals surface area (Å²) in [6.07, 6.45) is 4.58. The second-order valence-electron chi connectivity index (χ2n) is 5.39. The number of furan rings is 1. The van der Waals surface area contributed by atoms with Crippen molar-refractivity contribution in [2.45, 2.75) is 31.6 Å². The van der Waals surface area contributed by atoms with Gasteiger partial charge in [-0.25, -0.2) is 4.98 Å². The molecule has 1 amide bonds. The lowest BCUT2D eigenvalue weighted by atomic mass is 10.3. The molecule has 0 saturated heterocycles. The Morgan fingerprint density at radius 2 is 2.30 bits per heavy atom. The van der Waals surface area contributed by atoms with Crippen LogP contribution in [0, 0.1) is 0 Å². The minimum absolute atomic E-state index is 0.112. The fourth-order valence-electron chi connectivity index (χ4n) is 2.17. The zero-order valence-electron chi connectivity index (χ0n) is 12.2. The minimum atomic E-state index is -0.112. The van der Waals surface area contributed by atoms with E-state index < -0.39 is 0 Å². The molecule has 3 aromatic rings. The summed E-state index contributed by atoms with van der Waals surface area (Å²) in [5, 5.41) is 9.30. The SMILES string of the molecule is O=C(CCc1nc(-c2ccco2)no1)Nc1nc(C2CC2)cs1. The maximum Gasteiger partial charge on any atom is 0.238 e. The third kappa shape index (κ3) is 3.31. The van der Waals surface area contributed by atoms with Crippen LogP contribution in [0.15, 0.2) is 32.7 Å². The Balaban J connectivity index is 1.30. The number of carbonyl (C=O) groups excluding carboxylic acids is 1. The van der Waals surface area contributed by atoms with E-state index in [1.807, 2.05) is 5.38 Å². The first-order chi connectivity index (χ1) is 11.3. The topological polar surface area (TPSA) is 94.0 Å². The number of nitrogens with one attached hydrogen (secondary N) is 1. The number of anilines is 1. The molecule has 0 unspecified atom stereocenters. The van der Waals surface area contributed by atoms with E-state index in [4.69, 9.17) is 8.94 Å². The van der Waals surface area contributed by atoms with Gasteiger partial charge in [0.25, 0.3) is 0 Å². The maximum atomic E-state index is 12.0. The Labute approximate surface area is 135 Å². The van der Waals surface area contributed by atoms with Crippen molar-refractivity contribution in [2.75, 3.05) is 5.32 Å². The molecule has 23 heavy (non-hydrogen) atoms. The maximum absolute atomic E-state index is 12.0. The third-order valence-corrected chi connectivity index (χ3v) is 4.32. The Morgan fingerprint density at radius 3 is 3.09 bits per heavy atom. The van der Waals surface area contributed by atoms with E-state index in [1.54, 1.807) is 18.4 Å². The van der Waals surface area contributed by atoms with Gasteiger partial charge in [-0.05, 0) is 25.0 Å². The Kier molecular flexibility index (Phi) is 3.66. The molecule has 1 N–H and O–H groups in total. The van der Waals surface area contributed by atoms with Crippen LogP contribution in [0.5, 0.6) is 0 Å². The van der Waals surface area contributed by atoms with Crippen LogP contribution in [0.1, 0.15) is 36.8 Å². The summed E-state index contributed by atoms with van der Waals surface area (Å²) >= 11 is 1.46. The van der Waals surface area contributed by atoms with Gasteiger partial charge in [0.15, 0.2) is 10.9 Å².